The number of nitrogens with zero attached hydrogens (tertiary/aromatic N) is 3. The van der Waals surface area contributed by atoms with Gasteiger partial charge < -0.3 is 19.0 Å². The van der Waals surface area contributed by atoms with Gasteiger partial charge in [0.1, 0.15) is 17.3 Å². The van der Waals surface area contributed by atoms with Crippen LogP contribution in [-0.4, -0.2) is 27.2 Å². The summed E-state index contributed by atoms with van der Waals surface area (Å²) in [7, 11) is 1.63. The number of imidazole rings is 1. The number of fused-ring (bicyclic) bond motifs is 1. The summed E-state index contributed by atoms with van der Waals surface area (Å²) in [6, 6.07) is 11.4. The molecule has 0 bridgehead atoms. The molecule has 1 N–H and O–H groups in total. The first-order valence-electron chi connectivity index (χ1n) is 8.06. The van der Waals surface area contributed by atoms with Crippen molar-refractivity contribution in [1.82, 2.24) is 20.1 Å². The molecule has 2 heterocycles. The molecular weight excluding hydrogens is 371 g/mol. The summed E-state index contributed by atoms with van der Waals surface area (Å²) in [5.74, 6) is 2.35. The maximum atomic E-state index is 12.9. The van der Waals surface area contributed by atoms with Crippen LogP contribution in [0.2, 0.25) is 0 Å². The summed E-state index contributed by atoms with van der Waals surface area (Å²) in [6.45, 7) is 0.143. The summed E-state index contributed by atoms with van der Waals surface area (Å²) in [6.07, 6.45) is 0. The average molecular weight is 386 g/mol. The van der Waals surface area contributed by atoms with Crippen molar-refractivity contribution in [3.63, 3.8) is 0 Å². The molecule has 0 amide bonds. The molecule has 27 heavy (non-hydrogen) atoms. The summed E-state index contributed by atoms with van der Waals surface area (Å²) in [4.78, 5) is 12.0. The van der Waals surface area contributed by atoms with Gasteiger partial charge in [-0.3, -0.25) is 0 Å². The number of hydrogen-bond donors (Lipinski definition) is 1. The van der Waals surface area contributed by atoms with E-state index in [0.717, 1.165) is 21.9 Å². The third kappa shape index (κ3) is 4.20. The number of benzene rings is 2. The van der Waals surface area contributed by atoms with Crippen LogP contribution in [0.25, 0.3) is 11.0 Å². The van der Waals surface area contributed by atoms with Crippen LogP contribution in [0.1, 0.15) is 11.7 Å². The van der Waals surface area contributed by atoms with Gasteiger partial charge in [0.05, 0.1) is 23.9 Å². The molecule has 4 aromatic rings. The molecule has 0 atom stereocenters. The Morgan fingerprint density at radius 3 is 2.74 bits per heavy atom. The second kappa shape index (κ2) is 7.67. The van der Waals surface area contributed by atoms with Crippen LogP contribution in [0, 0.1) is 5.82 Å². The highest BCUT2D eigenvalue weighted by atomic mass is 32.2. The van der Waals surface area contributed by atoms with E-state index in [9.17, 15) is 4.39 Å². The Hall–Kier alpha value is -3.07. The highest BCUT2D eigenvalue weighted by Gasteiger charge is 2.10. The fourth-order valence-corrected chi connectivity index (χ4v) is 3.10. The first kappa shape index (κ1) is 17.3. The normalized spacial score (nSPS) is 11.0. The molecule has 7 nitrogen and oxygen atoms in total. The zero-order valence-corrected chi connectivity index (χ0v) is 15.1. The standard InChI is InChI=1S/C18H15FN4O3S/c1-24-13-6-7-14-15(8-13)21-18(20-14)27-10-17-22-16(23-26-17)9-25-12-4-2-11(19)3-5-12/h2-8H,9-10H2,1H3,(H,20,21). The lowest BCUT2D eigenvalue weighted by molar-refractivity contribution is 0.285. The smallest absolute Gasteiger partial charge is 0.237 e. The van der Waals surface area contributed by atoms with Crippen molar-refractivity contribution in [3.05, 3.63) is 60.0 Å². The van der Waals surface area contributed by atoms with E-state index in [1.165, 1.54) is 23.9 Å². The SMILES string of the molecule is COc1ccc2nc(SCc3nc(COc4ccc(F)cc4)no3)[nH]c2c1. The molecule has 0 spiro atoms. The zero-order valence-electron chi connectivity index (χ0n) is 14.3. The van der Waals surface area contributed by atoms with Gasteiger partial charge in [-0.05, 0) is 36.4 Å². The Balaban J connectivity index is 1.34. The first-order chi connectivity index (χ1) is 13.2. The topological polar surface area (TPSA) is 86.1 Å². The third-order valence-electron chi connectivity index (χ3n) is 3.69. The molecule has 0 aliphatic rings. The highest BCUT2D eigenvalue weighted by molar-refractivity contribution is 7.98. The lowest BCUT2D eigenvalue weighted by Gasteiger charge is -2.01. The van der Waals surface area contributed by atoms with E-state index in [4.69, 9.17) is 14.0 Å². The predicted octanol–water partition coefficient (Wildman–Crippen LogP) is 3.96. The number of aromatic nitrogens is 4. The average Bonchev–Trinajstić information content (AvgIpc) is 3.31. The van der Waals surface area contributed by atoms with Gasteiger partial charge in [-0.1, -0.05) is 16.9 Å². The van der Waals surface area contributed by atoms with Gasteiger partial charge in [0.2, 0.25) is 11.7 Å². The van der Waals surface area contributed by atoms with E-state index in [1.807, 2.05) is 18.2 Å². The number of aromatic amines is 1. The Labute approximate surface area is 157 Å². The summed E-state index contributed by atoms with van der Waals surface area (Å²) in [5.41, 5.74) is 1.76. The molecule has 2 aromatic carbocycles. The number of thioether (sulfide) groups is 1. The minimum absolute atomic E-state index is 0.143. The Bertz CT molecular complexity index is 1050. The number of halogens is 1. The minimum atomic E-state index is -0.315. The van der Waals surface area contributed by atoms with Crippen molar-refractivity contribution < 1.29 is 18.4 Å². The van der Waals surface area contributed by atoms with Gasteiger partial charge in [0.25, 0.3) is 0 Å². The maximum absolute atomic E-state index is 12.9. The van der Waals surface area contributed by atoms with Crippen LogP contribution in [0.5, 0.6) is 11.5 Å². The molecule has 0 saturated heterocycles. The molecule has 0 aliphatic carbocycles. The first-order valence-corrected chi connectivity index (χ1v) is 9.04. The molecule has 0 aliphatic heterocycles. The largest absolute Gasteiger partial charge is 0.497 e. The zero-order chi connectivity index (χ0) is 18.6. The van der Waals surface area contributed by atoms with Gasteiger partial charge in [0.15, 0.2) is 11.8 Å². The van der Waals surface area contributed by atoms with Crippen LogP contribution in [-0.2, 0) is 12.4 Å². The molecule has 0 saturated carbocycles. The number of hydrogen-bond acceptors (Lipinski definition) is 7. The van der Waals surface area contributed by atoms with Gasteiger partial charge in [-0.15, -0.1) is 0 Å². The van der Waals surface area contributed by atoms with Gasteiger partial charge in [0, 0.05) is 6.07 Å². The predicted molar refractivity (Wildman–Crippen MR) is 97.2 cm³/mol. The van der Waals surface area contributed by atoms with Gasteiger partial charge in [-0.2, -0.15) is 4.98 Å². The van der Waals surface area contributed by atoms with E-state index in [-0.39, 0.29) is 12.4 Å². The van der Waals surface area contributed by atoms with Gasteiger partial charge in [-0.25, -0.2) is 9.37 Å². The summed E-state index contributed by atoms with van der Waals surface area (Å²) in [5, 5.41) is 4.63. The molecule has 9 heteroatoms. The van der Waals surface area contributed by atoms with E-state index in [1.54, 1.807) is 19.2 Å². The van der Waals surface area contributed by atoms with E-state index in [0.29, 0.717) is 23.2 Å². The summed E-state index contributed by atoms with van der Waals surface area (Å²) >= 11 is 1.46. The Morgan fingerprint density at radius 2 is 1.93 bits per heavy atom. The molecule has 138 valence electrons. The van der Waals surface area contributed by atoms with E-state index < -0.39 is 0 Å². The van der Waals surface area contributed by atoms with Crippen molar-refractivity contribution in [3.8, 4) is 11.5 Å². The molecule has 4 rings (SSSR count). The molecular formula is C18H15FN4O3S. The lowest BCUT2D eigenvalue weighted by atomic mass is 10.3. The van der Waals surface area contributed by atoms with Crippen molar-refractivity contribution in [2.24, 2.45) is 0 Å². The molecule has 0 unspecified atom stereocenters. The van der Waals surface area contributed by atoms with Crippen LogP contribution >= 0.6 is 11.8 Å². The van der Waals surface area contributed by atoms with Crippen molar-refractivity contribution >= 4 is 22.8 Å². The van der Waals surface area contributed by atoms with Crippen molar-refractivity contribution in [2.75, 3.05) is 7.11 Å². The second-order valence-electron chi connectivity index (χ2n) is 5.56. The Kier molecular flexibility index (Phi) is 4.93. The van der Waals surface area contributed by atoms with Crippen LogP contribution < -0.4 is 9.47 Å². The number of methoxy groups -OCH3 is 1. The Morgan fingerprint density at radius 1 is 1.11 bits per heavy atom. The van der Waals surface area contributed by atoms with Crippen LogP contribution in [0.3, 0.4) is 0 Å². The minimum Gasteiger partial charge on any atom is -0.497 e. The number of H-pyrrole nitrogens is 1. The number of ether oxygens (including phenoxy) is 2. The van der Waals surface area contributed by atoms with Crippen molar-refractivity contribution in [1.29, 1.82) is 0 Å². The fraction of sp³-hybridized carbons (Fsp3) is 0.167. The summed E-state index contributed by atoms with van der Waals surface area (Å²) < 4.78 is 28.8. The van der Waals surface area contributed by atoms with Crippen molar-refractivity contribution in [2.45, 2.75) is 17.5 Å². The third-order valence-corrected chi connectivity index (χ3v) is 4.55. The van der Waals surface area contributed by atoms with E-state index >= 15 is 0 Å². The van der Waals surface area contributed by atoms with Crippen LogP contribution in [0.4, 0.5) is 4.39 Å². The van der Waals surface area contributed by atoms with Crippen LogP contribution in [0.15, 0.2) is 52.1 Å². The monoisotopic (exact) mass is 386 g/mol. The van der Waals surface area contributed by atoms with Gasteiger partial charge >= 0.3 is 0 Å². The molecule has 0 radical (unpaired) electrons. The molecule has 2 aromatic heterocycles. The number of rotatable bonds is 7. The lowest BCUT2D eigenvalue weighted by Crippen LogP contribution is -1.97. The fourth-order valence-electron chi connectivity index (χ4n) is 2.38. The second-order valence-corrected chi connectivity index (χ2v) is 6.52. The molecule has 0 fully saturated rings. The van der Waals surface area contributed by atoms with E-state index in [2.05, 4.69) is 20.1 Å². The maximum Gasteiger partial charge on any atom is 0.237 e. The number of nitrogens with one attached hydrogen (secondary N) is 1. The quantitative estimate of drug-likeness (QED) is 0.481. The highest BCUT2D eigenvalue weighted by Crippen LogP contribution is 2.25.